The Balaban J connectivity index is 2.02. The van der Waals surface area contributed by atoms with Crippen LogP contribution < -0.4 is 10.6 Å². The molecule has 2 atom stereocenters. The van der Waals surface area contributed by atoms with E-state index in [9.17, 15) is 14.4 Å². The van der Waals surface area contributed by atoms with Crippen molar-refractivity contribution < 1.29 is 33.3 Å². The number of hydrogen-bond acceptors (Lipinski definition) is 7. The molecule has 0 spiro atoms. The SMILES string of the molecule is CNC(=O)OCC1=C(COC(=O)NC)[C@@H]2O[C@H]1C(c1ccc(Cl)cc1)=C2C(=O)OC. The summed E-state index contributed by atoms with van der Waals surface area (Å²) < 4.78 is 21.4. The van der Waals surface area contributed by atoms with Gasteiger partial charge >= 0.3 is 18.2 Å². The van der Waals surface area contributed by atoms with E-state index in [1.807, 2.05) is 0 Å². The fourth-order valence-electron chi connectivity index (χ4n) is 3.44. The molecule has 0 saturated carbocycles. The van der Waals surface area contributed by atoms with E-state index in [0.717, 1.165) is 5.56 Å². The van der Waals surface area contributed by atoms with E-state index in [0.29, 0.717) is 27.3 Å². The normalized spacial score (nSPS) is 19.6. The first-order valence-corrected chi connectivity index (χ1v) is 9.43. The Hall–Kier alpha value is -3.04. The Morgan fingerprint density at radius 1 is 0.967 bits per heavy atom. The van der Waals surface area contributed by atoms with Crippen LogP contribution in [0.15, 0.2) is 41.0 Å². The van der Waals surface area contributed by atoms with Gasteiger partial charge in [-0.25, -0.2) is 14.4 Å². The van der Waals surface area contributed by atoms with Crippen molar-refractivity contribution in [3.63, 3.8) is 0 Å². The second-order valence-electron chi connectivity index (χ2n) is 6.42. The predicted octanol–water partition coefficient (Wildman–Crippen LogP) is 2.06. The second-order valence-corrected chi connectivity index (χ2v) is 6.86. The van der Waals surface area contributed by atoms with Gasteiger partial charge < -0.3 is 29.6 Å². The van der Waals surface area contributed by atoms with Crippen LogP contribution in [0.5, 0.6) is 0 Å². The van der Waals surface area contributed by atoms with Crippen LogP contribution in [0.4, 0.5) is 9.59 Å². The van der Waals surface area contributed by atoms with Crippen LogP contribution >= 0.6 is 11.6 Å². The van der Waals surface area contributed by atoms with Crippen LogP contribution in [0.25, 0.3) is 5.57 Å². The Bertz CT molecular complexity index is 924. The Labute approximate surface area is 177 Å². The van der Waals surface area contributed by atoms with E-state index in [1.165, 1.54) is 21.2 Å². The Kier molecular flexibility index (Phi) is 6.63. The van der Waals surface area contributed by atoms with E-state index in [4.69, 9.17) is 30.5 Å². The van der Waals surface area contributed by atoms with Gasteiger partial charge in [-0.15, -0.1) is 0 Å². The number of carbonyl (C=O) groups is 3. The molecular formula is C20H21ClN2O7. The molecular weight excluding hydrogens is 416 g/mol. The summed E-state index contributed by atoms with van der Waals surface area (Å²) in [5, 5.41) is 5.27. The second kappa shape index (κ2) is 9.19. The third-order valence-corrected chi connectivity index (χ3v) is 5.07. The van der Waals surface area contributed by atoms with E-state index in [2.05, 4.69) is 10.6 Å². The summed E-state index contributed by atoms with van der Waals surface area (Å²) >= 11 is 5.99. The van der Waals surface area contributed by atoms with Crippen molar-refractivity contribution in [2.45, 2.75) is 12.2 Å². The average molecular weight is 437 g/mol. The highest BCUT2D eigenvalue weighted by atomic mass is 35.5. The quantitative estimate of drug-likeness (QED) is 0.398. The van der Waals surface area contributed by atoms with Crippen LogP contribution in [-0.4, -0.2) is 64.8 Å². The van der Waals surface area contributed by atoms with Crippen molar-refractivity contribution in [1.82, 2.24) is 10.6 Å². The van der Waals surface area contributed by atoms with Gasteiger partial charge in [-0.1, -0.05) is 23.7 Å². The van der Waals surface area contributed by atoms with Gasteiger partial charge in [0.15, 0.2) is 0 Å². The Morgan fingerprint density at radius 3 is 2.00 bits per heavy atom. The molecule has 0 saturated heterocycles. The van der Waals surface area contributed by atoms with Gasteiger partial charge in [0.05, 0.1) is 12.7 Å². The van der Waals surface area contributed by atoms with Gasteiger partial charge in [0.25, 0.3) is 0 Å². The number of halogens is 1. The zero-order chi connectivity index (χ0) is 21.8. The smallest absolute Gasteiger partial charge is 0.407 e. The van der Waals surface area contributed by atoms with E-state index in [-0.39, 0.29) is 13.2 Å². The van der Waals surface area contributed by atoms with Crippen LogP contribution in [0.2, 0.25) is 5.02 Å². The summed E-state index contributed by atoms with van der Waals surface area (Å²) in [6.07, 6.45) is -2.72. The number of alkyl carbamates (subject to hydrolysis) is 2. The standard InChI is InChI=1S/C20H21ClN2O7/c1-22-19(25)28-8-12-13(9-29-20(26)23-2)17-15(18(24)27-3)14(16(12)30-17)10-4-6-11(21)7-5-10/h4-7,16-17H,8-9H2,1-3H3,(H,22,25)(H,23,26)/t16-,17+/m1/s1. The lowest BCUT2D eigenvalue weighted by Gasteiger charge is -2.22. The summed E-state index contributed by atoms with van der Waals surface area (Å²) in [5.74, 6) is -0.559. The summed E-state index contributed by atoms with van der Waals surface area (Å²) in [6, 6.07) is 6.93. The molecule has 9 nitrogen and oxygen atoms in total. The third-order valence-electron chi connectivity index (χ3n) is 4.82. The molecule has 10 heteroatoms. The number of ether oxygens (including phenoxy) is 4. The number of benzene rings is 1. The van der Waals surface area contributed by atoms with Gasteiger partial charge in [0.1, 0.15) is 25.4 Å². The number of methoxy groups -OCH3 is 1. The van der Waals surface area contributed by atoms with Gasteiger partial charge in [0.2, 0.25) is 0 Å². The van der Waals surface area contributed by atoms with E-state index >= 15 is 0 Å². The number of rotatable bonds is 6. The van der Waals surface area contributed by atoms with Crippen LogP contribution in [0.3, 0.4) is 0 Å². The molecule has 2 amide bonds. The zero-order valence-corrected chi connectivity index (χ0v) is 17.4. The van der Waals surface area contributed by atoms with E-state index in [1.54, 1.807) is 24.3 Å². The number of amides is 2. The lowest BCUT2D eigenvalue weighted by atomic mass is 9.83. The molecule has 0 fully saturated rings. The van der Waals surface area contributed by atoms with Crippen LogP contribution in [0, 0.1) is 0 Å². The molecule has 30 heavy (non-hydrogen) atoms. The topological polar surface area (TPSA) is 112 Å². The molecule has 0 radical (unpaired) electrons. The molecule has 2 N–H and O–H groups in total. The van der Waals surface area contributed by atoms with Crippen LogP contribution in [-0.2, 0) is 23.7 Å². The highest BCUT2D eigenvalue weighted by molar-refractivity contribution is 6.30. The lowest BCUT2D eigenvalue weighted by Crippen LogP contribution is -2.28. The molecule has 3 rings (SSSR count). The first-order chi connectivity index (χ1) is 14.4. The highest BCUT2D eigenvalue weighted by Crippen LogP contribution is 2.48. The largest absolute Gasteiger partial charge is 0.466 e. The molecule has 0 unspecified atom stereocenters. The highest BCUT2D eigenvalue weighted by Gasteiger charge is 2.50. The molecule has 160 valence electrons. The van der Waals surface area contributed by atoms with Crippen molar-refractivity contribution in [2.75, 3.05) is 34.4 Å². The zero-order valence-electron chi connectivity index (χ0n) is 16.6. The molecule has 2 heterocycles. The third kappa shape index (κ3) is 4.12. The fraction of sp³-hybridized carbons (Fsp3) is 0.350. The summed E-state index contributed by atoms with van der Waals surface area (Å²) in [4.78, 5) is 35.8. The summed E-state index contributed by atoms with van der Waals surface area (Å²) in [5.41, 5.74) is 2.76. The van der Waals surface area contributed by atoms with Crippen molar-refractivity contribution in [1.29, 1.82) is 0 Å². The average Bonchev–Trinajstić information content (AvgIpc) is 3.31. The minimum atomic E-state index is -0.791. The maximum atomic E-state index is 12.6. The first kappa shape index (κ1) is 21.7. The lowest BCUT2D eigenvalue weighted by molar-refractivity contribution is -0.136. The number of esters is 1. The molecule has 1 aromatic rings. The van der Waals surface area contributed by atoms with Gasteiger partial charge in [-0.05, 0) is 17.7 Å². The molecule has 0 aromatic heterocycles. The molecule has 2 bridgehead atoms. The van der Waals surface area contributed by atoms with Crippen molar-refractivity contribution in [3.05, 3.63) is 51.6 Å². The predicted molar refractivity (Wildman–Crippen MR) is 107 cm³/mol. The van der Waals surface area contributed by atoms with Gasteiger partial charge in [-0.2, -0.15) is 0 Å². The van der Waals surface area contributed by atoms with Crippen molar-refractivity contribution in [3.8, 4) is 0 Å². The summed E-state index contributed by atoms with van der Waals surface area (Å²) in [6.45, 7) is -0.236. The molecule has 2 aliphatic heterocycles. The van der Waals surface area contributed by atoms with Crippen molar-refractivity contribution >= 4 is 35.3 Å². The van der Waals surface area contributed by atoms with Crippen LogP contribution in [0.1, 0.15) is 5.56 Å². The molecule has 1 aromatic carbocycles. The maximum absolute atomic E-state index is 12.6. The number of nitrogens with one attached hydrogen (secondary N) is 2. The Morgan fingerprint density at radius 2 is 1.50 bits per heavy atom. The van der Waals surface area contributed by atoms with E-state index < -0.39 is 30.4 Å². The maximum Gasteiger partial charge on any atom is 0.407 e. The molecule has 2 aliphatic rings. The summed E-state index contributed by atoms with van der Waals surface area (Å²) in [7, 11) is 4.15. The fourth-order valence-corrected chi connectivity index (χ4v) is 3.56. The van der Waals surface area contributed by atoms with Crippen molar-refractivity contribution in [2.24, 2.45) is 0 Å². The first-order valence-electron chi connectivity index (χ1n) is 9.05. The number of hydrogen-bond donors (Lipinski definition) is 2. The minimum Gasteiger partial charge on any atom is -0.466 e. The minimum absolute atomic E-state index is 0.0984. The molecule has 0 aliphatic carbocycles. The monoisotopic (exact) mass is 436 g/mol. The van der Waals surface area contributed by atoms with Gasteiger partial charge in [-0.3, -0.25) is 0 Å². The number of fused-ring (bicyclic) bond motifs is 2. The number of carbonyl (C=O) groups excluding carboxylic acids is 3. The van der Waals surface area contributed by atoms with Gasteiger partial charge in [0, 0.05) is 35.8 Å².